The van der Waals surface area contributed by atoms with E-state index in [-0.39, 0.29) is 12.6 Å². The van der Waals surface area contributed by atoms with E-state index in [4.69, 9.17) is 4.74 Å². The average Bonchev–Trinajstić information content (AvgIpc) is 2.74. The van der Waals surface area contributed by atoms with E-state index in [0.717, 1.165) is 12.4 Å². The van der Waals surface area contributed by atoms with Crippen LogP contribution in [0.4, 0.5) is 4.39 Å². The van der Waals surface area contributed by atoms with E-state index < -0.39 is 6.67 Å². The van der Waals surface area contributed by atoms with E-state index >= 15 is 0 Å². The summed E-state index contributed by atoms with van der Waals surface area (Å²) in [6, 6.07) is 7.92. The first kappa shape index (κ1) is 10.8. The van der Waals surface area contributed by atoms with E-state index in [9.17, 15) is 4.39 Å². The molecule has 1 aliphatic rings. The second-order valence-corrected chi connectivity index (χ2v) is 3.66. The van der Waals surface area contributed by atoms with E-state index in [0.29, 0.717) is 5.75 Å². The molecule has 3 nitrogen and oxygen atoms in total. The lowest BCUT2D eigenvalue weighted by atomic mass is 10.1. The molecule has 0 radical (unpaired) electrons. The number of benzene rings is 1. The van der Waals surface area contributed by atoms with Gasteiger partial charge in [0.05, 0.1) is 11.9 Å². The van der Waals surface area contributed by atoms with Crippen molar-refractivity contribution in [1.82, 2.24) is 10.6 Å². The van der Waals surface area contributed by atoms with Gasteiger partial charge in [-0.15, -0.1) is 0 Å². The predicted octanol–water partition coefficient (Wildman–Crippen LogP) is 1.74. The summed E-state index contributed by atoms with van der Waals surface area (Å²) in [6.07, 6.45) is 0. The van der Waals surface area contributed by atoms with Crippen LogP contribution < -0.4 is 15.4 Å². The summed E-state index contributed by atoms with van der Waals surface area (Å²) in [6.45, 7) is 4.28. The van der Waals surface area contributed by atoms with Crippen LogP contribution in [0.2, 0.25) is 0 Å². The van der Waals surface area contributed by atoms with Gasteiger partial charge in [-0.1, -0.05) is 18.7 Å². The fraction of sp³-hybridized carbons (Fsp3) is 0.333. The lowest BCUT2D eigenvalue weighted by molar-refractivity contribution is 0.273. The molecule has 0 saturated carbocycles. The number of hydrogen-bond donors (Lipinski definition) is 2. The molecule has 0 spiro atoms. The highest BCUT2D eigenvalue weighted by atomic mass is 19.1. The van der Waals surface area contributed by atoms with E-state index in [1.165, 1.54) is 5.56 Å². The second kappa shape index (κ2) is 4.88. The zero-order valence-corrected chi connectivity index (χ0v) is 9.00. The van der Waals surface area contributed by atoms with Gasteiger partial charge in [-0.3, -0.25) is 0 Å². The molecule has 2 rings (SSSR count). The third-order valence-electron chi connectivity index (χ3n) is 2.50. The van der Waals surface area contributed by atoms with Gasteiger partial charge in [0.15, 0.2) is 0 Å². The predicted molar refractivity (Wildman–Crippen MR) is 60.9 cm³/mol. The highest BCUT2D eigenvalue weighted by molar-refractivity contribution is 5.30. The molecular weight excluding hydrogens is 207 g/mol. The van der Waals surface area contributed by atoms with Crippen molar-refractivity contribution < 1.29 is 9.13 Å². The van der Waals surface area contributed by atoms with Gasteiger partial charge in [-0.25, -0.2) is 4.39 Å². The quantitative estimate of drug-likeness (QED) is 0.814. The minimum absolute atomic E-state index is 0.111. The third kappa shape index (κ3) is 2.45. The maximum Gasteiger partial charge on any atom is 0.123 e. The van der Waals surface area contributed by atoms with Gasteiger partial charge < -0.3 is 15.4 Å². The summed E-state index contributed by atoms with van der Waals surface area (Å²) in [5.41, 5.74) is 1.17. The van der Waals surface area contributed by atoms with Gasteiger partial charge in [-0.05, 0) is 17.7 Å². The van der Waals surface area contributed by atoms with Crippen molar-refractivity contribution >= 4 is 0 Å². The molecule has 0 aromatic heterocycles. The van der Waals surface area contributed by atoms with E-state index in [1.807, 2.05) is 24.3 Å². The number of hydrogen-bond acceptors (Lipinski definition) is 3. The maximum atomic E-state index is 11.9. The molecule has 16 heavy (non-hydrogen) atoms. The molecule has 1 atom stereocenters. The fourth-order valence-electron chi connectivity index (χ4n) is 1.69. The Morgan fingerprint density at radius 1 is 1.38 bits per heavy atom. The van der Waals surface area contributed by atoms with Crippen LogP contribution in [-0.4, -0.2) is 19.8 Å². The molecule has 86 valence electrons. The van der Waals surface area contributed by atoms with Gasteiger partial charge in [0.25, 0.3) is 0 Å². The maximum absolute atomic E-state index is 11.9. The molecule has 0 amide bonds. The summed E-state index contributed by atoms with van der Waals surface area (Å²) in [5.74, 6) is 1.55. The first-order chi connectivity index (χ1) is 7.79. The molecule has 0 aliphatic carbocycles. The van der Waals surface area contributed by atoms with Crippen LogP contribution in [0, 0.1) is 0 Å². The molecular formula is C12H15FN2O. The minimum Gasteiger partial charge on any atom is -0.491 e. The van der Waals surface area contributed by atoms with Crippen LogP contribution >= 0.6 is 0 Å². The molecule has 1 aromatic rings. The van der Waals surface area contributed by atoms with Crippen LogP contribution in [0.3, 0.4) is 0 Å². The molecule has 0 bridgehead atoms. The van der Waals surface area contributed by atoms with Crippen LogP contribution in [0.1, 0.15) is 11.6 Å². The van der Waals surface area contributed by atoms with Gasteiger partial charge in [-0.2, -0.15) is 0 Å². The van der Waals surface area contributed by atoms with E-state index in [1.54, 1.807) is 0 Å². The normalized spacial score (nSPS) is 19.1. The Morgan fingerprint density at radius 2 is 2.12 bits per heavy atom. The molecule has 4 heteroatoms. The third-order valence-corrected chi connectivity index (χ3v) is 2.50. The van der Waals surface area contributed by atoms with Crippen molar-refractivity contribution in [3.8, 4) is 5.75 Å². The summed E-state index contributed by atoms with van der Waals surface area (Å²) in [4.78, 5) is 0. The van der Waals surface area contributed by atoms with Crippen LogP contribution in [-0.2, 0) is 0 Å². The van der Waals surface area contributed by atoms with Crippen LogP contribution in [0.5, 0.6) is 5.75 Å². The largest absolute Gasteiger partial charge is 0.491 e. The van der Waals surface area contributed by atoms with Crippen molar-refractivity contribution in [2.45, 2.75) is 6.04 Å². The monoisotopic (exact) mass is 222 g/mol. The first-order valence-corrected chi connectivity index (χ1v) is 5.27. The Morgan fingerprint density at radius 3 is 2.69 bits per heavy atom. The SMILES string of the molecule is C=C1NCC(c2ccc(OCCF)cc2)N1. The fourth-order valence-corrected chi connectivity index (χ4v) is 1.69. The van der Waals surface area contributed by atoms with Gasteiger partial charge in [0, 0.05) is 6.54 Å². The Bertz CT molecular complexity index is 364. The average molecular weight is 222 g/mol. The van der Waals surface area contributed by atoms with Crippen LogP contribution in [0.25, 0.3) is 0 Å². The Kier molecular flexibility index (Phi) is 3.29. The van der Waals surface area contributed by atoms with Crippen molar-refractivity contribution in [3.05, 3.63) is 42.2 Å². The smallest absolute Gasteiger partial charge is 0.123 e. The molecule has 1 aromatic carbocycles. The van der Waals surface area contributed by atoms with Gasteiger partial charge in [0.1, 0.15) is 19.0 Å². The number of halogens is 1. The number of rotatable bonds is 4. The lowest BCUT2D eigenvalue weighted by Gasteiger charge is -2.10. The highest BCUT2D eigenvalue weighted by Crippen LogP contribution is 2.20. The Labute approximate surface area is 94.3 Å². The van der Waals surface area contributed by atoms with Gasteiger partial charge >= 0.3 is 0 Å². The number of nitrogens with one attached hydrogen (secondary N) is 2. The lowest BCUT2D eigenvalue weighted by Crippen LogP contribution is -2.13. The molecule has 1 aliphatic heterocycles. The van der Waals surface area contributed by atoms with Crippen LogP contribution in [0.15, 0.2) is 36.7 Å². The topological polar surface area (TPSA) is 33.3 Å². The van der Waals surface area contributed by atoms with Crippen molar-refractivity contribution in [3.63, 3.8) is 0 Å². The Hall–Kier alpha value is -1.71. The Balaban J connectivity index is 1.99. The number of ether oxygens (including phenoxy) is 1. The summed E-state index contributed by atoms with van der Waals surface area (Å²) < 4.78 is 17.1. The number of alkyl halides is 1. The highest BCUT2D eigenvalue weighted by Gasteiger charge is 2.17. The minimum atomic E-state index is -0.463. The zero-order valence-electron chi connectivity index (χ0n) is 9.00. The molecule has 1 unspecified atom stereocenters. The van der Waals surface area contributed by atoms with Gasteiger partial charge in [0.2, 0.25) is 0 Å². The summed E-state index contributed by atoms with van der Waals surface area (Å²) >= 11 is 0. The van der Waals surface area contributed by atoms with Crippen molar-refractivity contribution in [2.75, 3.05) is 19.8 Å². The summed E-state index contributed by atoms with van der Waals surface area (Å²) in [5, 5.41) is 6.36. The standard InChI is InChI=1S/C12H15FN2O/c1-9-14-8-12(15-9)10-2-4-11(5-3-10)16-7-6-13/h2-5,12,14-15H,1,6-8H2. The zero-order chi connectivity index (χ0) is 11.4. The first-order valence-electron chi connectivity index (χ1n) is 5.27. The summed E-state index contributed by atoms with van der Waals surface area (Å²) in [7, 11) is 0. The molecule has 1 heterocycles. The van der Waals surface area contributed by atoms with E-state index in [2.05, 4.69) is 17.2 Å². The van der Waals surface area contributed by atoms with Crippen molar-refractivity contribution in [2.24, 2.45) is 0 Å². The molecule has 2 N–H and O–H groups in total. The second-order valence-electron chi connectivity index (χ2n) is 3.66. The van der Waals surface area contributed by atoms with Crippen molar-refractivity contribution in [1.29, 1.82) is 0 Å². The molecule has 1 fully saturated rings. The molecule has 1 saturated heterocycles.